The number of nitrogens with one attached hydrogen (secondary N) is 1. The number of amides is 1. The number of rotatable bonds is 8. The Morgan fingerprint density at radius 2 is 1.86 bits per heavy atom. The number of hydrogen-bond acceptors (Lipinski definition) is 7. The number of aromatic nitrogens is 2. The van der Waals surface area contributed by atoms with E-state index < -0.39 is 11.2 Å². The van der Waals surface area contributed by atoms with Crippen LogP contribution in [-0.4, -0.2) is 33.1 Å². The number of nitrogens with zero attached hydrogens (tertiary/aromatic N) is 2. The molecule has 0 aliphatic heterocycles. The van der Waals surface area contributed by atoms with Crippen LogP contribution in [0.3, 0.4) is 0 Å². The van der Waals surface area contributed by atoms with Crippen LogP contribution in [0.4, 0.5) is 10.1 Å². The van der Waals surface area contributed by atoms with E-state index in [0.717, 1.165) is 17.3 Å². The van der Waals surface area contributed by atoms with Gasteiger partial charge in [-0.2, -0.15) is 0 Å². The van der Waals surface area contributed by atoms with Crippen molar-refractivity contribution in [3.63, 3.8) is 0 Å². The molecule has 0 bridgehead atoms. The van der Waals surface area contributed by atoms with Crippen molar-refractivity contribution >= 4 is 29.3 Å². The Labute approximate surface area is 170 Å². The molecule has 29 heavy (non-hydrogen) atoms. The van der Waals surface area contributed by atoms with Crippen molar-refractivity contribution in [2.24, 2.45) is 0 Å². The van der Waals surface area contributed by atoms with Gasteiger partial charge in [-0.15, -0.1) is 22.0 Å². The maximum atomic E-state index is 12.9. The molecule has 1 heterocycles. The third kappa shape index (κ3) is 6.15. The number of carbonyl (C=O) groups is 2. The first-order valence-electron chi connectivity index (χ1n) is 8.73. The molecule has 3 rings (SSSR count). The van der Waals surface area contributed by atoms with E-state index in [1.807, 2.05) is 30.3 Å². The molecule has 0 spiro atoms. The molecule has 0 unspecified atom stereocenters. The molecular formula is C20H18FN3O4S. The van der Waals surface area contributed by atoms with Gasteiger partial charge in [0.2, 0.25) is 11.8 Å². The quantitative estimate of drug-likeness (QED) is 0.561. The van der Waals surface area contributed by atoms with Crippen LogP contribution in [0.5, 0.6) is 0 Å². The summed E-state index contributed by atoms with van der Waals surface area (Å²) in [5, 5.41) is 9.85. The molecule has 1 atom stereocenters. The summed E-state index contributed by atoms with van der Waals surface area (Å²) in [5.74, 6) is -0.604. The highest BCUT2D eigenvalue weighted by molar-refractivity contribution is 8.01. The van der Waals surface area contributed by atoms with Crippen molar-refractivity contribution in [3.8, 4) is 11.5 Å². The molecule has 0 radical (unpaired) electrons. The Kier molecular flexibility index (Phi) is 6.96. The first kappa shape index (κ1) is 20.5. The van der Waals surface area contributed by atoms with Crippen LogP contribution in [0.1, 0.15) is 12.8 Å². The van der Waals surface area contributed by atoms with Crippen molar-refractivity contribution < 1.29 is 23.1 Å². The van der Waals surface area contributed by atoms with E-state index in [9.17, 15) is 14.0 Å². The molecular weight excluding hydrogens is 397 g/mol. The van der Waals surface area contributed by atoms with Crippen LogP contribution >= 0.6 is 11.8 Å². The van der Waals surface area contributed by atoms with E-state index >= 15 is 0 Å². The number of thioether (sulfide) groups is 1. The highest BCUT2D eigenvalue weighted by Gasteiger charge is 2.18. The van der Waals surface area contributed by atoms with Crippen LogP contribution in [-0.2, 0) is 20.9 Å². The van der Waals surface area contributed by atoms with Crippen LogP contribution in [0.15, 0.2) is 59.0 Å². The van der Waals surface area contributed by atoms with Gasteiger partial charge in [0.25, 0.3) is 5.89 Å². The monoisotopic (exact) mass is 415 g/mol. The third-order valence-electron chi connectivity index (χ3n) is 3.75. The Hall–Kier alpha value is -3.20. The summed E-state index contributed by atoms with van der Waals surface area (Å²) in [7, 11) is 0. The average Bonchev–Trinajstić information content (AvgIpc) is 3.21. The van der Waals surface area contributed by atoms with E-state index in [2.05, 4.69) is 15.5 Å². The van der Waals surface area contributed by atoms with Crippen LogP contribution in [0, 0.1) is 5.82 Å². The summed E-state index contributed by atoms with van der Waals surface area (Å²) in [6.07, 6.45) is 0. The molecule has 0 saturated heterocycles. The van der Waals surface area contributed by atoms with Gasteiger partial charge in [-0.1, -0.05) is 18.2 Å². The lowest BCUT2D eigenvalue weighted by Crippen LogP contribution is -2.21. The lowest BCUT2D eigenvalue weighted by molar-refractivity contribution is -0.144. The topological polar surface area (TPSA) is 94.3 Å². The molecule has 150 valence electrons. The number of ether oxygens (including phenoxy) is 1. The second-order valence-electron chi connectivity index (χ2n) is 5.98. The van der Waals surface area contributed by atoms with E-state index in [-0.39, 0.29) is 30.0 Å². The van der Waals surface area contributed by atoms with Crippen LogP contribution < -0.4 is 5.32 Å². The molecule has 1 amide bonds. The van der Waals surface area contributed by atoms with Gasteiger partial charge in [0.05, 0.1) is 5.75 Å². The fourth-order valence-corrected chi connectivity index (χ4v) is 2.94. The van der Waals surface area contributed by atoms with Gasteiger partial charge >= 0.3 is 5.97 Å². The molecule has 0 saturated carbocycles. The maximum absolute atomic E-state index is 12.9. The summed E-state index contributed by atoms with van der Waals surface area (Å²) in [5.41, 5.74) is 1.26. The first-order valence-corrected chi connectivity index (χ1v) is 9.77. The molecule has 2 aromatic carbocycles. The van der Waals surface area contributed by atoms with Gasteiger partial charge < -0.3 is 14.5 Å². The summed E-state index contributed by atoms with van der Waals surface area (Å²) in [6, 6.07) is 14.7. The highest BCUT2D eigenvalue weighted by atomic mass is 32.2. The van der Waals surface area contributed by atoms with Gasteiger partial charge in [-0.05, 0) is 43.3 Å². The minimum Gasteiger partial charge on any atom is -0.455 e. The molecule has 0 aliphatic rings. The Balaban J connectivity index is 1.42. The van der Waals surface area contributed by atoms with E-state index in [0.29, 0.717) is 11.6 Å². The molecule has 1 aromatic heterocycles. The fraction of sp³-hybridized carbons (Fsp3) is 0.200. The minimum atomic E-state index is -0.564. The largest absolute Gasteiger partial charge is 0.455 e. The molecule has 3 aromatic rings. The normalized spacial score (nSPS) is 11.7. The number of carbonyl (C=O) groups excluding carboxylic acids is 2. The highest BCUT2D eigenvalue weighted by Crippen LogP contribution is 2.18. The van der Waals surface area contributed by atoms with Crippen molar-refractivity contribution in [2.75, 3.05) is 11.1 Å². The predicted molar refractivity (Wildman–Crippen MR) is 106 cm³/mol. The van der Waals surface area contributed by atoms with E-state index in [1.165, 1.54) is 24.3 Å². The Bertz CT molecular complexity index is 963. The number of anilines is 1. The molecule has 7 nitrogen and oxygen atoms in total. The number of benzene rings is 2. The van der Waals surface area contributed by atoms with Crippen LogP contribution in [0.25, 0.3) is 11.5 Å². The van der Waals surface area contributed by atoms with Crippen molar-refractivity contribution in [3.05, 3.63) is 66.3 Å². The lowest BCUT2D eigenvalue weighted by atomic mass is 10.2. The van der Waals surface area contributed by atoms with Crippen molar-refractivity contribution in [1.29, 1.82) is 0 Å². The van der Waals surface area contributed by atoms with Gasteiger partial charge in [0.15, 0.2) is 6.61 Å². The SMILES string of the molecule is C[C@@H](SCC(=O)Nc1ccc(F)cc1)C(=O)OCc1nnc(-c2ccccc2)o1. The van der Waals surface area contributed by atoms with Gasteiger partial charge in [-0.3, -0.25) is 9.59 Å². The number of halogens is 1. The number of esters is 1. The summed E-state index contributed by atoms with van der Waals surface area (Å²) in [4.78, 5) is 24.0. The fourth-order valence-electron chi connectivity index (χ4n) is 2.26. The molecule has 9 heteroatoms. The second-order valence-corrected chi connectivity index (χ2v) is 7.31. The van der Waals surface area contributed by atoms with Gasteiger partial charge in [-0.25, -0.2) is 4.39 Å². The summed E-state index contributed by atoms with van der Waals surface area (Å²) < 4.78 is 23.5. The third-order valence-corrected chi connectivity index (χ3v) is 4.87. The average molecular weight is 415 g/mol. The van der Waals surface area contributed by atoms with Crippen molar-refractivity contribution in [2.45, 2.75) is 18.8 Å². The number of hydrogen-bond donors (Lipinski definition) is 1. The first-order chi connectivity index (χ1) is 14.0. The maximum Gasteiger partial charge on any atom is 0.319 e. The zero-order valence-electron chi connectivity index (χ0n) is 15.5. The molecule has 0 aliphatic carbocycles. The van der Waals surface area contributed by atoms with Gasteiger partial charge in [0.1, 0.15) is 11.1 Å². The zero-order valence-corrected chi connectivity index (χ0v) is 16.3. The van der Waals surface area contributed by atoms with E-state index in [4.69, 9.17) is 9.15 Å². The van der Waals surface area contributed by atoms with Crippen molar-refractivity contribution in [1.82, 2.24) is 10.2 Å². The molecule has 1 N–H and O–H groups in total. The lowest BCUT2D eigenvalue weighted by Gasteiger charge is -2.10. The second kappa shape index (κ2) is 9.83. The predicted octanol–water partition coefficient (Wildman–Crippen LogP) is 3.68. The Morgan fingerprint density at radius 1 is 1.14 bits per heavy atom. The van der Waals surface area contributed by atoms with E-state index in [1.54, 1.807) is 6.92 Å². The Morgan fingerprint density at radius 3 is 2.59 bits per heavy atom. The van der Waals surface area contributed by atoms with Crippen LogP contribution in [0.2, 0.25) is 0 Å². The summed E-state index contributed by atoms with van der Waals surface area (Å²) in [6.45, 7) is 1.49. The standard InChI is InChI=1S/C20H18FN3O4S/c1-13(29-12-17(25)22-16-9-7-15(21)8-10-16)20(26)27-11-18-23-24-19(28-18)14-5-3-2-4-6-14/h2-10,13H,11-12H2,1H3,(H,22,25)/t13-/m1/s1. The zero-order chi connectivity index (χ0) is 20.6. The smallest absolute Gasteiger partial charge is 0.319 e. The summed E-state index contributed by atoms with van der Waals surface area (Å²) >= 11 is 1.12. The van der Waals surface area contributed by atoms with Gasteiger partial charge in [0, 0.05) is 11.3 Å². The molecule has 0 fully saturated rings. The minimum absolute atomic E-state index is 0.0480.